The first kappa shape index (κ1) is 18.7. The van der Waals surface area contributed by atoms with Gasteiger partial charge >= 0.3 is 0 Å². The van der Waals surface area contributed by atoms with E-state index < -0.39 is 6.10 Å². The van der Waals surface area contributed by atoms with Crippen LogP contribution < -0.4 is 20.5 Å². The molecule has 4 aromatic rings. The van der Waals surface area contributed by atoms with Gasteiger partial charge in [0.25, 0.3) is 5.91 Å². The number of rotatable bonds is 3. The van der Waals surface area contributed by atoms with E-state index in [0.29, 0.717) is 45.8 Å². The van der Waals surface area contributed by atoms with Crippen LogP contribution in [-0.2, 0) is 0 Å². The Labute approximate surface area is 176 Å². The molecule has 152 valence electrons. The van der Waals surface area contributed by atoms with Crippen molar-refractivity contribution in [1.29, 1.82) is 0 Å². The molecule has 2 aromatic carbocycles. The van der Waals surface area contributed by atoms with E-state index in [9.17, 15) is 9.90 Å². The van der Waals surface area contributed by atoms with E-state index in [1.807, 2.05) is 18.2 Å². The molecule has 1 atom stereocenters. The van der Waals surface area contributed by atoms with Crippen molar-refractivity contribution in [3.8, 4) is 11.5 Å². The Hall–Kier alpha value is -3.36. The van der Waals surface area contributed by atoms with E-state index in [1.54, 1.807) is 31.2 Å². The lowest BCUT2D eigenvalue weighted by Crippen LogP contribution is -2.15. The number of aromatic nitrogens is 1. The van der Waals surface area contributed by atoms with E-state index in [1.165, 1.54) is 11.3 Å². The van der Waals surface area contributed by atoms with Crippen LogP contribution in [0.5, 0.6) is 11.5 Å². The molecule has 0 spiro atoms. The number of nitrogen functional groups attached to an aromatic ring is 1. The lowest BCUT2D eigenvalue weighted by atomic mass is 10.1. The smallest absolute Gasteiger partial charge is 0.267 e. The maximum atomic E-state index is 12.9. The molecule has 0 saturated heterocycles. The molecular formula is C22H19N3O4S. The summed E-state index contributed by atoms with van der Waals surface area (Å²) < 4.78 is 11.3. The van der Waals surface area contributed by atoms with Gasteiger partial charge in [-0.1, -0.05) is 12.1 Å². The van der Waals surface area contributed by atoms with Crippen molar-refractivity contribution in [2.75, 3.05) is 24.3 Å². The van der Waals surface area contributed by atoms with Crippen LogP contribution in [0.2, 0.25) is 0 Å². The summed E-state index contributed by atoms with van der Waals surface area (Å²) in [5.74, 6) is 1.04. The maximum absolute atomic E-state index is 12.9. The molecule has 1 aliphatic heterocycles. The molecule has 4 N–H and O–H groups in total. The highest BCUT2D eigenvalue weighted by atomic mass is 32.1. The number of fused-ring (bicyclic) bond motifs is 3. The quantitative estimate of drug-likeness (QED) is 0.460. The Morgan fingerprint density at radius 2 is 1.97 bits per heavy atom. The van der Waals surface area contributed by atoms with Crippen LogP contribution >= 0.6 is 11.3 Å². The summed E-state index contributed by atoms with van der Waals surface area (Å²) in [7, 11) is 0. The predicted octanol–water partition coefficient (Wildman–Crippen LogP) is 4.11. The summed E-state index contributed by atoms with van der Waals surface area (Å²) in [5, 5.41) is 14.2. The highest BCUT2D eigenvalue weighted by molar-refractivity contribution is 7.21. The molecule has 8 heteroatoms. The van der Waals surface area contributed by atoms with Crippen molar-refractivity contribution in [3.05, 3.63) is 52.9 Å². The lowest BCUT2D eigenvalue weighted by molar-refractivity contribution is 0.103. The fraction of sp³-hybridized carbons (Fsp3) is 0.182. The van der Waals surface area contributed by atoms with Crippen molar-refractivity contribution < 1.29 is 19.4 Å². The Morgan fingerprint density at radius 1 is 1.20 bits per heavy atom. The summed E-state index contributed by atoms with van der Waals surface area (Å²) in [6, 6.07) is 12.7. The molecule has 1 amide bonds. The van der Waals surface area contributed by atoms with Gasteiger partial charge in [-0.3, -0.25) is 4.79 Å². The van der Waals surface area contributed by atoms with Crippen LogP contribution in [0.3, 0.4) is 0 Å². The average molecular weight is 421 g/mol. The molecule has 0 aliphatic carbocycles. The number of benzene rings is 2. The zero-order valence-corrected chi connectivity index (χ0v) is 17.0. The van der Waals surface area contributed by atoms with Crippen molar-refractivity contribution >= 4 is 49.7 Å². The molecule has 30 heavy (non-hydrogen) atoms. The first-order chi connectivity index (χ1) is 14.5. The summed E-state index contributed by atoms with van der Waals surface area (Å²) >= 11 is 1.24. The largest absolute Gasteiger partial charge is 0.486 e. The molecular weight excluding hydrogens is 402 g/mol. The van der Waals surface area contributed by atoms with E-state index in [4.69, 9.17) is 15.2 Å². The molecule has 1 aliphatic rings. The predicted molar refractivity (Wildman–Crippen MR) is 118 cm³/mol. The number of aliphatic hydroxyl groups is 1. The molecule has 0 radical (unpaired) electrons. The van der Waals surface area contributed by atoms with Crippen LogP contribution in [0, 0.1) is 0 Å². The van der Waals surface area contributed by atoms with Crippen LogP contribution in [0.25, 0.3) is 21.1 Å². The standard InChI is InChI=1S/C22H19N3O4S/c1-11(26)12-3-2-4-14(7-12)24-21(27)20-19(23)15-8-13-9-17-18(29-6-5-28-17)10-16(13)25-22(15)30-20/h2-4,7-11,26H,5-6,23H2,1H3,(H,24,27). The summed E-state index contributed by atoms with van der Waals surface area (Å²) in [4.78, 5) is 18.6. The second-order valence-electron chi connectivity index (χ2n) is 7.13. The van der Waals surface area contributed by atoms with Crippen LogP contribution in [0.4, 0.5) is 11.4 Å². The number of nitrogens with zero attached hydrogens (tertiary/aromatic N) is 1. The third kappa shape index (κ3) is 3.20. The summed E-state index contributed by atoms with van der Waals surface area (Å²) in [6.07, 6.45) is -0.619. The number of hydrogen-bond donors (Lipinski definition) is 3. The molecule has 0 bridgehead atoms. The number of nitrogens with two attached hydrogens (primary N) is 1. The number of anilines is 2. The molecule has 3 heterocycles. The number of carbonyl (C=O) groups is 1. The van der Waals surface area contributed by atoms with Crippen LogP contribution in [0.1, 0.15) is 28.3 Å². The molecule has 5 rings (SSSR count). The zero-order chi connectivity index (χ0) is 20.8. The number of ether oxygens (including phenoxy) is 2. The topological polar surface area (TPSA) is 107 Å². The molecule has 2 aromatic heterocycles. The Bertz CT molecular complexity index is 1300. The van der Waals surface area contributed by atoms with Crippen molar-refractivity contribution in [1.82, 2.24) is 4.98 Å². The van der Waals surface area contributed by atoms with Gasteiger partial charge < -0.3 is 25.6 Å². The van der Waals surface area contributed by atoms with Gasteiger partial charge in [-0.15, -0.1) is 11.3 Å². The van der Waals surface area contributed by atoms with Gasteiger partial charge in [0.05, 0.1) is 17.3 Å². The minimum Gasteiger partial charge on any atom is -0.486 e. The van der Waals surface area contributed by atoms with Gasteiger partial charge in [-0.05, 0) is 36.8 Å². The van der Waals surface area contributed by atoms with Crippen LogP contribution in [-0.4, -0.2) is 29.2 Å². The van der Waals surface area contributed by atoms with Gasteiger partial charge in [-0.2, -0.15) is 0 Å². The Kier molecular flexibility index (Phi) is 4.45. The summed E-state index contributed by atoms with van der Waals surface area (Å²) in [5.41, 5.74) is 8.77. The van der Waals surface area contributed by atoms with Gasteiger partial charge in [0.2, 0.25) is 0 Å². The first-order valence-corrected chi connectivity index (χ1v) is 10.3. The number of carbonyl (C=O) groups excluding carboxylic acids is 1. The Morgan fingerprint density at radius 3 is 2.73 bits per heavy atom. The zero-order valence-electron chi connectivity index (χ0n) is 16.1. The number of amides is 1. The minimum absolute atomic E-state index is 0.312. The molecule has 7 nitrogen and oxygen atoms in total. The van der Waals surface area contributed by atoms with Crippen LogP contribution in [0.15, 0.2) is 42.5 Å². The molecule has 0 fully saturated rings. The first-order valence-electron chi connectivity index (χ1n) is 9.51. The normalized spacial score (nSPS) is 14.1. The van der Waals surface area contributed by atoms with Gasteiger partial charge in [0.15, 0.2) is 11.5 Å². The number of pyridine rings is 1. The average Bonchev–Trinajstić information content (AvgIpc) is 3.06. The fourth-order valence-corrected chi connectivity index (χ4v) is 4.45. The fourth-order valence-electron chi connectivity index (χ4n) is 3.47. The van der Waals surface area contributed by atoms with E-state index in [0.717, 1.165) is 21.9 Å². The van der Waals surface area contributed by atoms with Crippen molar-refractivity contribution in [3.63, 3.8) is 0 Å². The minimum atomic E-state index is -0.619. The molecule has 1 unspecified atom stereocenters. The number of thiophene rings is 1. The third-order valence-corrected chi connectivity index (χ3v) is 6.12. The summed E-state index contributed by atoms with van der Waals surface area (Å²) in [6.45, 7) is 2.69. The van der Waals surface area contributed by atoms with E-state index in [2.05, 4.69) is 10.3 Å². The highest BCUT2D eigenvalue weighted by Gasteiger charge is 2.20. The van der Waals surface area contributed by atoms with Gasteiger partial charge in [-0.25, -0.2) is 4.98 Å². The van der Waals surface area contributed by atoms with E-state index >= 15 is 0 Å². The van der Waals surface area contributed by atoms with Gasteiger partial charge in [0.1, 0.15) is 22.9 Å². The highest BCUT2D eigenvalue weighted by Crippen LogP contribution is 2.39. The SMILES string of the molecule is CC(O)c1cccc(NC(=O)c2sc3nc4cc5c(cc4cc3c2N)OCCO5)c1. The second kappa shape index (κ2) is 7.16. The lowest BCUT2D eigenvalue weighted by Gasteiger charge is -2.18. The third-order valence-electron chi connectivity index (χ3n) is 5.01. The van der Waals surface area contributed by atoms with Crippen molar-refractivity contribution in [2.24, 2.45) is 0 Å². The monoisotopic (exact) mass is 421 g/mol. The Balaban J connectivity index is 1.53. The van der Waals surface area contributed by atoms with Crippen molar-refractivity contribution in [2.45, 2.75) is 13.0 Å². The maximum Gasteiger partial charge on any atom is 0.267 e. The van der Waals surface area contributed by atoms with E-state index in [-0.39, 0.29) is 5.91 Å². The molecule has 0 saturated carbocycles. The number of nitrogens with one attached hydrogen (secondary N) is 1. The number of hydrogen-bond acceptors (Lipinski definition) is 7. The van der Waals surface area contributed by atoms with Gasteiger partial charge in [0, 0.05) is 22.5 Å². The second-order valence-corrected chi connectivity index (χ2v) is 8.13. The number of aliphatic hydroxyl groups excluding tert-OH is 1.